The summed E-state index contributed by atoms with van der Waals surface area (Å²) in [6.07, 6.45) is 0. The number of benzene rings is 2. The molecule has 2 aromatic rings. The van der Waals surface area contributed by atoms with Gasteiger partial charge in [-0.15, -0.1) is 0 Å². The number of hydrogen-bond donors (Lipinski definition) is 0. The maximum atomic E-state index is 12.5. The summed E-state index contributed by atoms with van der Waals surface area (Å²) in [5, 5.41) is 9.28. The first-order chi connectivity index (χ1) is 10.0. The minimum Gasteiger partial charge on any atom is -0.268 e. The van der Waals surface area contributed by atoms with Crippen LogP contribution in [0.5, 0.6) is 0 Å². The molecule has 0 bridgehead atoms. The normalized spacial score (nSPS) is 13.3. The van der Waals surface area contributed by atoms with E-state index in [-0.39, 0.29) is 11.3 Å². The van der Waals surface area contributed by atoms with E-state index in [1.165, 1.54) is 0 Å². The first kappa shape index (κ1) is 14.0. The van der Waals surface area contributed by atoms with Crippen LogP contribution in [0.2, 0.25) is 0 Å². The molecule has 6 heteroatoms. The molecule has 0 fully saturated rings. The van der Waals surface area contributed by atoms with Gasteiger partial charge in [0.2, 0.25) is 0 Å². The molecule has 3 rings (SSSR count). The number of amides is 2. The van der Waals surface area contributed by atoms with Crippen LogP contribution >= 0.6 is 31.9 Å². The third kappa shape index (κ3) is 2.09. The maximum Gasteiger partial charge on any atom is 0.266 e. The summed E-state index contributed by atoms with van der Waals surface area (Å²) in [4.78, 5) is 26.0. The average molecular weight is 406 g/mol. The molecule has 0 aromatic heterocycles. The lowest BCUT2D eigenvalue weighted by molar-refractivity contribution is 0.0926. The Hall–Kier alpha value is -1.97. The molecule has 102 valence electrons. The van der Waals surface area contributed by atoms with E-state index in [0.29, 0.717) is 20.1 Å². The monoisotopic (exact) mass is 404 g/mol. The molecule has 0 saturated heterocycles. The van der Waals surface area contributed by atoms with Crippen molar-refractivity contribution < 1.29 is 9.59 Å². The van der Waals surface area contributed by atoms with E-state index >= 15 is 0 Å². The zero-order chi connectivity index (χ0) is 15.1. The van der Waals surface area contributed by atoms with Crippen molar-refractivity contribution in [3.05, 3.63) is 62.0 Å². The Kier molecular flexibility index (Phi) is 3.40. The van der Waals surface area contributed by atoms with Crippen molar-refractivity contribution in [2.45, 2.75) is 0 Å². The van der Waals surface area contributed by atoms with Crippen molar-refractivity contribution in [3.8, 4) is 6.07 Å². The summed E-state index contributed by atoms with van der Waals surface area (Å²) in [7, 11) is 0. The van der Waals surface area contributed by atoms with Gasteiger partial charge in [0.15, 0.2) is 0 Å². The Balaban J connectivity index is 2.23. The summed E-state index contributed by atoms with van der Waals surface area (Å²) in [6, 6.07) is 11.9. The first-order valence-electron chi connectivity index (χ1n) is 5.91. The third-order valence-electron chi connectivity index (χ3n) is 3.17. The first-order valence-corrected chi connectivity index (χ1v) is 7.50. The Morgan fingerprint density at radius 1 is 1.00 bits per heavy atom. The molecular weight excluding hydrogens is 400 g/mol. The van der Waals surface area contributed by atoms with Crippen LogP contribution in [0.4, 0.5) is 5.69 Å². The lowest BCUT2D eigenvalue weighted by Crippen LogP contribution is -2.30. The van der Waals surface area contributed by atoms with Crippen LogP contribution in [0.25, 0.3) is 0 Å². The molecule has 0 radical (unpaired) electrons. The van der Waals surface area contributed by atoms with Gasteiger partial charge >= 0.3 is 0 Å². The van der Waals surface area contributed by atoms with Crippen LogP contribution < -0.4 is 4.90 Å². The molecular formula is C15H6Br2N2O2. The SMILES string of the molecule is N#Cc1cc(Br)cc(Br)c1N1C(=O)c2ccccc2C1=O. The Bertz CT molecular complexity index is 805. The summed E-state index contributed by atoms with van der Waals surface area (Å²) in [5.74, 6) is -0.842. The van der Waals surface area contributed by atoms with Gasteiger partial charge in [-0.1, -0.05) is 28.1 Å². The number of nitrogens with zero attached hydrogens (tertiary/aromatic N) is 2. The van der Waals surface area contributed by atoms with Crippen molar-refractivity contribution >= 4 is 49.4 Å². The number of carbonyl (C=O) groups excluding carboxylic acids is 2. The van der Waals surface area contributed by atoms with Gasteiger partial charge in [-0.25, -0.2) is 4.90 Å². The lowest BCUT2D eigenvalue weighted by atomic mass is 10.1. The van der Waals surface area contributed by atoms with Crippen LogP contribution in [0.15, 0.2) is 45.3 Å². The van der Waals surface area contributed by atoms with Gasteiger partial charge in [0, 0.05) is 8.95 Å². The second-order valence-electron chi connectivity index (χ2n) is 4.39. The molecule has 4 nitrogen and oxygen atoms in total. The highest BCUT2D eigenvalue weighted by Crippen LogP contribution is 2.37. The molecule has 1 heterocycles. The van der Waals surface area contributed by atoms with E-state index in [1.54, 1.807) is 36.4 Å². The van der Waals surface area contributed by atoms with Crippen molar-refractivity contribution in [2.24, 2.45) is 0 Å². The highest BCUT2D eigenvalue weighted by molar-refractivity contribution is 9.11. The number of nitriles is 1. The molecule has 0 unspecified atom stereocenters. The number of rotatable bonds is 1. The molecule has 2 amide bonds. The third-order valence-corrected chi connectivity index (χ3v) is 4.23. The summed E-state index contributed by atoms with van der Waals surface area (Å²) >= 11 is 6.61. The van der Waals surface area contributed by atoms with E-state index < -0.39 is 11.8 Å². The zero-order valence-electron chi connectivity index (χ0n) is 10.4. The molecule has 0 saturated carbocycles. The van der Waals surface area contributed by atoms with Crippen molar-refractivity contribution in [3.63, 3.8) is 0 Å². The Morgan fingerprint density at radius 2 is 1.57 bits per heavy atom. The van der Waals surface area contributed by atoms with Crippen LogP contribution in [0.1, 0.15) is 26.3 Å². The summed E-state index contributed by atoms with van der Waals surface area (Å²) < 4.78 is 1.19. The summed E-state index contributed by atoms with van der Waals surface area (Å²) in [6.45, 7) is 0. The van der Waals surface area contributed by atoms with Crippen molar-refractivity contribution in [2.75, 3.05) is 4.90 Å². The molecule has 0 atom stereocenters. The number of carbonyl (C=O) groups is 2. The quantitative estimate of drug-likeness (QED) is 0.676. The maximum absolute atomic E-state index is 12.5. The van der Waals surface area contributed by atoms with E-state index in [1.807, 2.05) is 6.07 Å². The van der Waals surface area contributed by atoms with Gasteiger partial charge in [0.1, 0.15) is 6.07 Å². The molecule has 2 aromatic carbocycles. The fourth-order valence-electron chi connectivity index (χ4n) is 2.27. The van der Waals surface area contributed by atoms with Crippen LogP contribution in [0, 0.1) is 11.3 Å². The van der Waals surface area contributed by atoms with E-state index in [9.17, 15) is 14.9 Å². The Labute approximate surface area is 137 Å². The molecule has 0 spiro atoms. The van der Waals surface area contributed by atoms with Gasteiger partial charge in [-0.3, -0.25) is 9.59 Å². The largest absolute Gasteiger partial charge is 0.268 e. The molecule has 21 heavy (non-hydrogen) atoms. The number of fused-ring (bicyclic) bond motifs is 1. The topological polar surface area (TPSA) is 61.2 Å². The van der Waals surface area contributed by atoms with Crippen LogP contribution in [0.3, 0.4) is 0 Å². The van der Waals surface area contributed by atoms with Gasteiger partial charge in [-0.2, -0.15) is 5.26 Å². The van der Waals surface area contributed by atoms with Crippen molar-refractivity contribution in [1.29, 1.82) is 5.26 Å². The van der Waals surface area contributed by atoms with Crippen LogP contribution in [-0.2, 0) is 0 Å². The molecule has 1 aliphatic rings. The number of imide groups is 1. The predicted molar refractivity (Wildman–Crippen MR) is 84.1 cm³/mol. The average Bonchev–Trinajstić information content (AvgIpc) is 2.71. The fraction of sp³-hybridized carbons (Fsp3) is 0. The van der Waals surface area contributed by atoms with Crippen LogP contribution in [-0.4, -0.2) is 11.8 Å². The fourth-order valence-corrected chi connectivity index (χ4v) is 3.67. The number of anilines is 1. The highest BCUT2D eigenvalue weighted by Gasteiger charge is 2.38. The van der Waals surface area contributed by atoms with Gasteiger partial charge < -0.3 is 0 Å². The second kappa shape index (κ2) is 5.10. The molecule has 0 aliphatic carbocycles. The van der Waals surface area contributed by atoms with E-state index in [4.69, 9.17) is 0 Å². The van der Waals surface area contributed by atoms with Gasteiger partial charge in [0.05, 0.1) is 22.4 Å². The predicted octanol–water partition coefficient (Wildman–Crippen LogP) is 3.88. The highest BCUT2D eigenvalue weighted by atomic mass is 79.9. The smallest absolute Gasteiger partial charge is 0.266 e. The lowest BCUT2D eigenvalue weighted by Gasteiger charge is -2.17. The minimum atomic E-state index is -0.421. The summed E-state index contributed by atoms with van der Waals surface area (Å²) in [5.41, 5.74) is 1.21. The minimum absolute atomic E-state index is 0.241. The molecule has 1 aliphatic heterocycles. The zero-order valence-corrected chi connectivity index (χ0v) is 13.6. The number of hydrogen-bond acceptors (Lipinski definition) is 3. The number of halogens is 2. The Morgan fingerprint density at radius 3 is 2.10 bits per heavy atom. The second-order valence-corrected chi connectivity index (χ2v) is 6.16. The van der Waals surface area contributed by atoms with E-state index in [0.717, 1.165) is 4.90 Å². The van der Waals surface area contributed by atoms with E-state index in [2.05, 4.69) is 31.9 Å². The standard InChI is InChI=1S/C15H6Br2N2O2/c16-9-5-8(7-18)13(12(17)6-9)19-14(20)10-3-1-2-4-11(10)15(19)21/h1-6H. The van der Waals surface area contributed by atoms with Crippen molar-refractivity contribution in [1.82, 2.24) is 0 Å². The van der Waals surface area contributed by atoms with Gasteiger partial charge in [-0.05, 0) is 40.2 Å². The molecule has 0 N–H and O–H groups in total. The van der Waals surface area contributed by atoms with Gasteiger partial charge in [0.25, 0.3) is 11.8 Å².